The van der Waals surface area contributed by atoms with Crippen molar-refractivity contribution in [2.24, 2.45) is 0 Å². The average Bonchev–Trinajstić information content (AvgIpc) is 3.33. The van der Waals surface area contributed by atoms with Crippen molar-refractivity contribution >= 4 is 16.3 Å². The summed E-state index contributed by atoms with van der Waals surface area (Å²) in [4.78, 5) is 3.36. The van der Waals surface area contributed by atoms with Crippen LogP contribution in [0, 0.1) is 6.57 Å². The Morgan fingerprint density at radius 1 is 1.24 bits per heavy atom. The second-order valence-corrected chi connectivity index (χ2v) is 11.6. The Labute approximate surface area is 203 Å². The van der Waals surface area contributed by atoms with Gasteiger partial charge in [-0.05, 0) is 34.6 Å². The van der Waals surface area contributed by atoms with Crippen molar-refractivity contribution in [3.05, 3.63) is 11.4 Å². The van der Waals surface area contributed by atoms with E-state index in [0.717, 1.165) is 0 Å². The Bertz CT molecular complexity index is 787. The molecular formula is C21H38N2O8P2. The fraction of sp³-hybridized carbons (Fsp3) is 0.952. The molecule has 0 bridgehead atoms. The smallest absolute Gasteiger partial charge is 0.376 e. The van der Waals surface area contributed by atoms with Crippen LogP contribution in [0.4, 0.5) is 0 Å². The minimum absolute atomic E-state index is 0.0982. The van der Waals surface area contributed by atoms with Gasteiger partial charge in [0.25, 0.3) is 8.53 Å². The molecule has 12 heteroatoms. The Kier molecular flexibility index (Phi) is 8.94. The molecule has 1 unspecified atom stereocenters. The van der Waals surface area contributed by atoms with Gasteiger partial charge in [0.15, 0.2) is 0 Å². The molecule has 0 aromatic carbocycles. The molecule has 10 nitrogen and oxygen atoms in total. The molecule has 3 fully saturated rings. The van der Waals surface area contributed by atoms with Crippen molar-refractivity contribution in [2.45, 2.75) is 96.5 Å². The summed E-state index contributed by atoms with van der Waals surface area (Å²) in [6.07, 6.45) is -2.58. The van der Waals surface area contributed by atoms with Crippen LogP contribution in [0.25, 0.3) is 4.85 Å². The normalized spacial score (nSPS) is 41.8. The number of rotatable bonds is 11. The molecule has 3 saturated heterocycles. The van der Waals surface area contributed by atoms with Crippen LogP contribution in [0.15, 0.2) is 0 Å². The zero-order valence-corrected chi connectivity index (χ0v) is 21.5. The van der Waals surface area contributed by atoms with Crippen LogP contribution in [-0.2, 0) is 36.7 Å². The van der Waals surface area contributed by atoms with Gasteiger partial charge in [0.2, 0.25) is 6.54 Å². The van der Waals surface area contributed by atoms with Gasteiger partial charge in [-0.25, -0.2) is 15.8 Å². The van der Waals surface area contributed by atoms with Crippen molar-refractivity contribution < 1.29 is 40.8 Å². The van der Waals surface area contributed by atoms with Gasteiger partial charge in [-0.3, -0.25) is 13.6 Å². The minimum Gasteiger partial charge on any atom is -0.376 e. The lowest BCUT2D eigenvalue weighted by atomic mass is 10.1. The van der Waals surface area contributed by atoms with E-state index in [1.54, 1.807) is 0 Å². The van der Waals surface area contributed by atoms with Crippen LogP contribution < -0.4 is 0 Å². The number of ether oxygens (including phenoxy) is 2. The second-order valence-electron chi connectivity index (χ2n) is 8.60. The highest BCUT2D eigenvalue weighted by atomic mass is 31.2. The van der Waals surface area contributed by atoms with Crippen molar-refractivity contribution in [3.63, 3.8) is 0 Å². The molecule has 3 rings (SSSR count). The zero-order chi connectivity index (χ0) is 26.5. The first-order chi connectivity index (χ1) is 17.1. The minimum atomic E-state index is -4.01. The number of hydrogen-bond donors (Lipinski definition) is 0. The van der Waals surface area contributed by atoms with E-state index >= 15 is 0 Å². The third-order valence-corrected chi connectivity index (χ3v) is 9.10. The first-order valence-corrected chi connectivity index (χ1v) is 13.9. The van der Waals surface area contributed by atoms with Gasteiger partial charge in [0, 0.05) is 45.9 Å². The fourth-order valence-corrected chi connectivity index (χ4v) is 7.26. The quantitative estimate of drug-likeness (QED) is 0.224. The van der Waals surface area contributed by atoms with Gasteiger partial charge in [0.1, 0.15) is 18.8 Å². The maximum atomic E-state index is 13.4. The highest BCUT2D eigenvalue weighted by Gasteiger charge is 2.47. The summed E-state index contributed by atoms with van der Waals surface area (Å²) in [6.45, 7) is 13.9. The molecule has 0 aromatic rings. The molecule has 0 radical (unpaired) electrons. The van der Waals surface area contributed by atoms with Crippen molar-refractivity contribution in [2.75, 3.05) is 32.9 Å². The molecule has 0 N–H and O–H groups in total. The lowest BCUT2D eigenvalue weighted by Crippen LogP contribution is -2.42. The predicted molar refractivity (Wildman–Crippen MR) is 124 cm³/mol. The topological polar surface area (TPSA) is 89.3 Å². The molecule has 0 aromatic heterocycles. The van der Waals surface area contributed by atoms with E-state index in [0.29, 0.717) is 6.42 Å². The van der Waals surface area contributed by atoms with E-state index in [4.69, 9.17) is 42.8 Å². The molecule has 0 saturated carbocycles. The molecule has 3 aliphatic rings. The highest BCUT2D eigenvalue weighted by molar-refractivity contribution is 7.48. The SMILES string of the molecule is [2H]C[C@H]1O[C@H]([3H])C[C@@H]1O[P@]1(=O)OCC[C@H]([C@H]2O[C@H]([3H])C[C@@H]2OP(OCC[N+]#[C-])N(C(C)C)C(C)C)O1. The monoisotopic (exact) mass is 513 g/mol. The maximum absolute atomic E-state index is 13.4. The average molecular weight is 514 g/mol. The van der Waals surface area contributed by atoms with E-state index in [-0.39, 0.29) is 51.6 Å². The fourth-order valence-electron chi connectivity index (χ4n) is 3.92. The molecule has 190 valence electrons. The van der Waals surface area contributed by atoms with Gasteiger partial charge in [-0.2, -0.15) is 0 Å². The number of nitrogens with zero attached hydrogens (tertiary/aromatic N) is 2. The summed E-state index contributed by atoms with van der Waals surface area (Å²) < 4.78 is 79.5. The van der Waals surface area contributed by atoms with Gasteiger partial charge in [-0.1, -0.05) is 0 Å². The highest BCUT2D eigenvalue weighted by Crippen LogP contribution is 2.57. The third-order valence-electron chi connectivity index (χ3n) is 5.39. The summed E-state index contributed by atoms with van der Waals surface area (Å²) in [6, 6.07) is 0.230. The van der Waals surface area contributed by atoms with Crippen molar-refractivity contribution in [1.82, 2.24) is 4.67 Å². The first-order valence-electron chi connectivity index (χ1n) is 13.2. The van der Waals surface area contributed by atoms with Gasteiger partial charge < -0.3 is 23.4 Å². The number of phosphoric ester groups is 1. The Hall–Kier alpha value is -0.170. The lowest BCUT2D eigenvalue weighted by molar-refractivity contribution is -0.0772. The van der Waals surface area contributed by atoms with E-state index in [1.807, 2.05) is 27.7 Å². The van der Waals surface area contributed by atoms with Crippen LogP contribution in [0.1, 0.15) is 58.0 Å². The summed E-state index contributed by atoms with van der Waals surface area (Å²) in [7, 11) is -5.57. The predicted octanol–water partition coefficient (Wildman–Crippen LogP) is 4.55. The first kappa shape index (κ1) is 23.2. The summed E-state index contributed by atoms with van der Waals surface area (Å²) in [5.74, 6) is 0. The Morgan fingerprint density at radius 3 is 2.67 bits per heavy atom. The molecule has 3 heterocycles. The zero-order valence-electron chi connectivity index (χ0n) is 22.7. The molecule has 0 spiro atoms. The van der Waals surface area contributed by atoms with Crippen LogP contribution in [-0.4, -0.2) is 80.2 Å². The van der Waals surface area contributed by atoms with Crippen LogP contribution >= 0.6 is 16.3 Å². The number of hydrogen-bond acceptors (Lipinski definition) is 9. The maximum Gasteiger partial charge on any atom is 0.475 e. The molecule has 33 heavy (non-hydrogen) atoms. The molecule has 0 aliphatic carbocycles. The van der Waals surface area contributed by atoms with Gasteiger partial charge in [-0.15, -0.1) is 0 Å². The van der Waals surface area contributed by atoms with Crippen molar-refractivity contribution in [1.29, 1.82) is 0 Å². The van der Waals surface area contributed by atoms with E-state index < -0.39 is 60.0 Å². The van der Waals surface area contributed by atoms with Gasteiger partial charge >= 0.3 is 7.82 Å². The van der Waals surface area contributed by atoms with Gasteiger partial charge in [0.05, 0.1) is 27.7 Å². The number of phosphoric acid groups is 1. The van der Waals surface area contributed by atoms with E-state index in [2.05, 4.69) is 9.52 Å². The Balaban J connectivity index is 1.72. The van der Waals surface area contributed by atoms with Crippen LogP contribution in [0.3, 0.4) is 0 Å². The van der Waals surface area contributed by atoms with Crippen LogP contribution in [0.5, 0.6) is 0 Å². The summed E-state index contributed by atoms with van der Waals surface area (Å²) in [5.41, 5.74) is 0. The Morgan fingerprint density at radius 2 is 1.97 bits per heavy atom. The molecular weight excluding hydrogens is 470 g/mol. The summed E-state index contributed by atoms with van der Waals surface area (Å²) >= 11 is 0. The van der Waals surface area contributed by atoms with E-state index in [9.17, 15) is 4.57 Å². The second kappa shape index (κ2) is 12.7. The molecule has 0 amide bonds. The standard InChI is InChI=1S/C21H38N2O8P2/c1-15(2)23(16(3)4)32(27-14-10-22-6)29-19-8-12-26-21(19)20-9-13-28-33(24,31-20)30-18-7-11-25-17(18)5/h15-21H,7-14H2,1-5H3/t17-,18+,19+,20-,21+,32?,33+/m1/s1/i5D,11T,12T/t11-,12-,17-,18+,19+,20-,21+,32?,33+. The summed E-state index contributed by atoms with van der Waals surface area (Å²) in [5, 5.41) is 0. The third kappa shape index (κ3) is 7.41. The lowest BCUT2D eigenvalue weighted by Gasteiger charge is -2.39. The molecule has 3 aliphatic heterocycles. The molecule has 9 atom stereocenters. The van der Waals surface area contributed by atoms with E-state index in [1.165, 1.54) is 0 Å². The largest absolute Gasteiger partial charge is 0.475 e. The van der Waals surface area contributed by atoms with Crippen molar-refractivity contribution in [3.8, 4) is 0 Å². The van der Waals surface area contributed by atoms with Crippen LogP contribution in [0.2, 0.25) is 0 Å².